The second-order valence-corrected chi connectivity index (χ2v) is 12.1. The number of ether oxygens (including phenoxy) is 1. The van der Waals surface area contributed by atoms with E-state index < -0.39 is 33.5 Å². The number of alkyl halides is 3. The summed E-state index contributed by atoms with van der Waals surface area (Å²) in [5.41, 5.74) is 1.93. The van der Waals surface area contributed by atoms with Gasteiger partial charge in [-0.15, -0.1) is 0 Å². The Morgan fingerprint density at radius 2 is 1.76 bits per heavy atom. The first-order valence-electron chi connectivity index (χ1n) is 13.7. The molecule has 9 nitrogen and oxygen atoms in total. The van der Waals surface area contributed by atoms with Gasteiger partial charge in [0.25, 0.3) is 0 Å². The van der Waals surface area contributed by atoms with Crippen molar-refractivity contribution >= 4 is 21.8 Å². The smallest absolute Gasteiger partial charge is 0.490 e. The summed E-state index contributed by atoms with van der Waals surface area (Å²) in [5, 5.41) is 23.0. The predicted molar refractivity (Wildman–Crippen MR) is 151 cm³/mol. The Labute approximate surface area is 244 Å². The fourth-order valence-corrected chi connectivity index (χ4v) is 7.02. The molecule has 1 aliphatic heterocycles. The quantitative estimate of drug-likeness (QED) is 0.240. The van der Waals surface area contributed by atoms with Crippen molar-refractivity contribution in [3.63, 3.8) is 0 Å². The van der Waals surface area contributed by atoms with Crippen LogP contribution in [0.4, 0.5) is 13.2 Å². The third kappa shape index (κ3) is 9.70. The van der Waals surface area contributed by atoms with E-state index in [0.29, 0.717) is 42.1 Å². The molecule has 0 aliphatic carbocycles. The second kappa shape index (κ2) is 15.4. The maximum Gasteiger partial charge on any atom is 0.490 e. The molecule has 0 saturated carbocycles. The molecule has 0 radical (unpaired) electrons. The summed E-state index contributed by atoms with van der Waals surface area (Å²) < 4.78 is 65.1. The molecule has 2 aromatic carbocycles. The van der Waals surface area contributed by atoms with E-state index in [1.807, 2.05) is 36.4 Å². The number of carboxylic acids is 2. The first kappa shape index (κ1) is 35.0. The van der Waals surface area contributed by atoms with Crippen molar-refractivity contribution < 1.29 is 46.1 Å². The zero-order valence-corrected chi connectivity index (χ0v) is 24.8. The predicted octanol–water partition coefficient (Wildman–Crippen LogP) is 5.09. The van der Waals surface area contributed by atoms with E-state index in [1.165, 1.54) is 0 Å². The number of methoxy groups -OCH3 is 1. The summed E-state index contributed by atoms with van der Waals surface area (Å²) in [4.78, 5) is 20.0. The molecule has 2 atom stereocenters. The van der Waals surface area contributed by atoms with E-state index in [1.54, 1.807) is 13.2 Å². The lowest BCUT2D eigenvalue weighted by atomic mass is 9.88. The Hall–Kier alpha value is -3.16. The van der Waals surface area contributed by atoms with Crippen molar-refractivity contribution in [1.29, 1.82) is 0 Å². The molecule has 2 aromatic rings. The van der Waals surface area contributed by atoms with Crippen molar-refractivity contribution in [3.05, 3.63) is 59.2 Å². The van der Waals surface area contributed by atoms with Crippen LogP contribution in [0.3, 0.4) is 0 Å². The van der Waals surface area contributed by atoms with Gasteiger partial charge in [-0.3, -0.25) is 10.1 Å². The number of hydrogen-bond donors (Lipinski definition) is 4. The molecule has 0 spiro atoms. The monoisotopic (exact) mass is 616 g/mol. The molecule has 0 bridgehead atoms. The normalized spacial score (nSPS) is 19.5. The van der Waals surface area contributed by atoms with Crippen LogP contribution in [0.2, 0.25) is 0 Å². The third-order valence-electron chi connectivity index (χ3n) is 7.10. The number of benzene rings is 2. The first-order chi connectivity index (χ1) is 19.7. The lowest BCUT2D eigenvalue weighted by Crippen LogP contribution is -2.50. The van der Waals surface area contributed by atoms with Crippen LogP contribution in [-0.4, -0.2) is 61.7 Å². The second-order valence-electron chi connectivity index (χ2n) is 10.2. The van der Waals surface area contributed by atoms with Crippen LogP contribution < -0.4 is 15.4 Å². The highest BCUT2D eigenvalue weighted by Gasteiger charge is 2.42. The van der Waals surface area contributed by atoms with Crippen LogP contribution in [0.25, 0.3) is 0 Å². The molecular weight excluding hydrogens is 577 g/mol. The SMILES string of the molecule is CCCC[C@]1(CC)CS(=O)(=O)c2cc(CNCCCC(=O)O)c(OC)cc2[C@@H](c2ccccc2)N1.O=C(O)C(F)(F)F. The standard InChI is InChI=1S/C27H38N2O5S.C2HF3O2/c1-4-6-14-27(5-2)19-35(32,33)24-16-21(18-28-15-10-13-25(30)31)23(34-3)17-22(24)26(29-27)20-11-8-7-9-12-20;3-2(4,5)1(6)7/h7-9,11-12,16-17,26,28-29H,4-6,10,13-15,18-19H2,1-3H3,(H,30,31);(H,6,7)/t26-,27-;/m1./s1. The van der Waals surface area contributed by atoms with Crippen molar-refractivity contribution in [2.24, 2.45) is 0 Å². The number of fused-ring (bicyclic) bond motifs is 1. The van der Waals surface area contributed by atoms with E-state index in [2.05, 4.69) is 24.5 Å². The molecule has 234 valence electrons. The molecule has 0 fully saturated rings. The number of rotatable bonds is 12. The molecule has 0 saturated heterocycles. The summed E-state index contributed by atoms with van der Waals surface area (Å²) >= 11 is 0. The lowest BCUT2D eigenvalue weighted by Gasteiger charge is -2.36. The van der Waals surface area contributed by atoms with E-state index in [9.17, 15) is 26.4 Å². The van der Waals surface area contributed by atoms with Gasteiger partial charge in [0.05, 0.1) is 23.8 Å². The van der Waals surface area contributed by atoms with Crippen molar-refractivity contribution in [2.75, 3.05) is 19.4 Å². The Morgan fingerprint density at radius 1 is 1.12 bits per heavy atom. The minimum absolute atomic E-state index is 0.0463. The van der Waals surface area contributed by atoms with Crippen molar-refractivity contribution in [1.82, 2.24) is 10.6 Å². The molecule has 0 aromatic heterocycles. The lowest BCUT2D eigenvalue weighted by molar-refractivity contribution is -0.192. The number of carboxylic acid groups (broad SMARTS) is 2. The number of nitrogens with one attached hydrogen (secondary N) is 2. The fraction of sp³-hybridized carbons (Fsp3) is 0.517. The number of aliphatic carboxylic acids is 2. The van der Waals surface area contributed by atoms with Crippen LogP contribution in [0.5, 0.6) is 5.75 Å². The summed E-state index contributed by atoms with van der Waals surface area (Å²) in [7, 11) is -2.00. The molecule has 3 rings (SSSR count). The van der Waals surface area contributed by atoms with E-state index >= 15 is 0 Å². The van der Waals surface area contributed by atoms with Crippen LogP contribution >= 0.6 is 0 Å². The van der Waals surface area contributed by atoms with Gasteiger partial charge in [-0.05, 0) is 49.1 Å². The van der Waals surface area contributed by atoms with Crippen molar-refractivity contribution in [2.45, 2.75) is 81.6 Å². The van der Waals surface area contributed by atoms with Gasteiger partial charge in [0.15, 0.2) is 9.84 Å². The molecule has 0 unspecified atom stereocenters. The van der Waals surface area contributed by atoms with Gasteiger partial charge in [-0.2, -0.15) is 13.2 Å². The number of hydrogen-bond acceptors (Lipinski definition) is 7. The van der Waals surface area contributed by atoms with Gasteiger partial charge in [0.2, 0.25) is 0 Å². The number of sulfone groups is 1. The fourth-order valence-electron chi connectivity index (χ4n) is 4.84. The average molecular weight is 617 g/mol. The maximum absolute atomic E-state index is 13.8. The average Bonchev–Trinajstić information content (AvgIpc) is 3.03. The van der Waals surface area contributed by atoms with Crippen LogP contribution in [0, 0.1) is 0 Å². The molecular formula is C29H39F3N2O7S. The number of unbranched alkanes of at least 4 members (excludes halogenated alkanes) is 1. The molecule has 1 aliphatic rings. The van der Waals surface area contributed by atoms with E-state index in [-0.39, 0.29) is 18.2 Å². The number of carbonyl (C=O) groups is 2. The minimum atomic E-state index is -5.08. The van der Waals surface area contributed by atoms with Gasteiger partial charge in [-0.1, -0.05) is 57.0 Å². The molecule has 1 heterocycles. The maximum atomic E-state index is 13.8. The highest BCUT2D eigenvalue weighted by molar-refractivity contribution is 7.91. The van der Waals surface area contributed by atoms with Crippen LogP contribution in [0.1, 0.15) is 75.1 Å². The largest absolute Gasteiger partial charge is 0.496 e. The number of halogens is 3. The highest BCUT2D eigenvalue weighted by Crippen LogP contribution is 2.40. The molecule has 0 amide bonds. The minimum Gasteiger partial charge on any atom is -0.496 e. The van der Waals surface area contributed by atoms with E-state index in [4.69, 9.17) is 19.7 Å². The molecule has 4 N–H and O–H groups in total. The van der Waals surface area contributed by atoms with Crippen LogP contribution in [-0.2, 0) is 26.0 Å². The summed E-state index contributed by atoms with van der Waals surface area (Å²) in [6.45, 7) is 5.09. The van der Waals surface area contributed by atoms with Gasteiger partial charge >= 0.3 is 18.1 Å². The van der Waals surface area contributed by atoms with Crippen LogP contribution in [0.15, 0.2) is 47.4 Å². The zero-order valence-electron chi connectivity index (χ0n) is 24.0. The Kier molecular flexibility index (Phi) is 12.8. The van der Waals surface area contributed by atoms with Gasteiger partial charge in [0.1, 0.15) is 5.75 Å². The van der Waals surface area contributed by atoms with Gasteiger partial charge in [0, 0.05) is 24.1 Å². The Balaban J connectivity index is 0.000000782. The van der Waals surface area contributed by atoms with Crippen molar-refractivity contribution in [3.8, 4) is 5.75 Å². The summed E-state index contributed by atoms with van der Waals surface area (Å²) in [6, 6.07) is 13.3. The first-order valence-corrected chi connectivity index (χ1v) is 15.3. The Bertz CT molecular complexity index is 1300. The molecule has 13 heteroatoms. The Morgan fingerprint density at radius 3 is 2.29 bits per heavy atom. The zero-order chi connectivity index (χ0) is 31.6. The van der Waals surface area contributed by atoms with Gasteiger partial charge in [-0.25, -0.2) is 13.2 Å². The topological polar surface area (TPSA) is 142 Å². The third-order valence-corrected chi connectivity index (χ3v) is 9.05. The highest BCUT2D eigenvalue weighted by atomic mass is 32.2. The summed E-state index contributed by atoms with van der Waals surface area (Å²) in [6.07, 6.45) is -1.06. The van der Waals surface area contributed by atoms with Gasteiger partial charge < -0.3 is 20.3 Å². The van der Waals surface area contributed by atoms with E-state index in [0.717, 1.165) is 30.4 Å². The molecule has 42 heavy (non-hydrogen) atoms. The summed E-state index contributed by atoms with van der Waals surface area (Å²) in [5.74, 6) is -2.93.